The highest BCUT2D eigenvalue weighted by atomic mass is 16.5. The molecule has 0 aliphatic carbocycles. The highest BCUT2D eigenvalue weighted by Crippen LogP contribution is 2.13. The molecular formula is C20H22N4O5. The highest BCUT2D eigenvalue weighted by molar-refractivity contribution is 5.78. The number of hydrogen-bond donors (Lipinski definition) is 3. The van der Waals surface area contributed by atoms with Crippen molar-refractivity contribution in [1.29, 1.82) is 0 Å². The molecule has 0 saturated carbocycles. The number of carboxylic acids is 1. The van der Waals surface area contributed by atoms with E-state index in [1.807, 2.05) is 12.1 Å². The summed E-state index contributed by atoms with van der Waals surface area (Å²) in [5.74, 6) is -0.479. The van der Waals surface area contributed by atoms with Crippen molar-refractivity contribution in [1.82, 2.24) is 19.9 Å². The van der Waals surface area contributed by atoms with Gasteiger partial charge in [-0.3, -0.25) is 19.5 Å². The molecule has 0 saturated heterocycles. The number of fused-ring (bicyclic) bond motifs is 1. The van der Waals surface area contributed by atoms with Crippen LogP contribution in [0.1, 0.15) is 29.7 Å². The maximum absolute atomic E-state index is 12.5. The van der Waals surface area contributed by atoms with Gasteiger partial charge in [0.15, 0.2) is 5.65 Å². The highest BCUT2D eigenvalue weighted by Gasteiger charge is 2.14. The van der Waals surface area contributed by atoms with Crippen LogP contribution in [0.3, 0.4) is 0 Å². The third kappa shape index (κ3) is 5.22. The molecule has 152 valence electrons. The SMILES string of the molecule is Cc1nc2cc[nH]n2c(=O)c1CC(=O)NCc1ccc(OCCCC(=O)O)cc1. The minimum atomic E-state index is -0.846. The molecule has 3 N–H and O–H groups in total. The van der Waals surface area contributed by atoms with E-state index in [1.54, 1.807) is 31.3 Å². The summed E-state index contributed by atoms with van der Waals surface area (Å²) in [6, 6.07) is 8.86. The van der Waals surface area contributed by atoms with E-state index >= 15 is 0 Å². The first-order valence-corrected chi connectivity index (χ1v) is 9.20. The summed E-state index contributed by atoms with van der Waals surface area (Å²) in [5, 5.41) is 14.2. The van der Waals surface area contributed by atoms with Crippen LogP contribution < -0.4 is 15.6 Å². The van der Waals surface area contributed by atoms with Crippen molar-refractivity contribution in [3.8, 4) is 5.75 Å². The van der Waals surface area contributed by atoms with Gasteiger partial charge in [-0.1, -0.05) is 12.1 Å². The van der Waals surface area contributed by atoms with Gasteiger partial charge in [-0.2, -0.15) is 0 Å². The van der Waals surface area contributed by atoms with Gasteiger partial charge < -0.3 is 15.2 Å². The Morgan fingerprint density at radius 3 is 2.72 bits per heavy atom. The summed E-state index contributed by atoms with van der Waals surface area (Å²) >= 11 is 0. The van der Waals surface area contributed by atoms with E-state index < -0.39 is 5.97 Å². The molecule has 2 aromatic heterocycles. The van der Waals surface area contributed by atoms with Crippen LogP contribution in [-0.2, 0) is 22.6 Å². The van der Waals surface area contributed by atoms with Gasteiger partial charge in [-0.25, -0.2) is 9.50 Å². The fourth-order valence-electron chi connectivity index (χ4n) is 2.85. The number of aromatic amines is 1. The number of benzene rings is 1. The fraction of sp³-hybridized carbons (Fsp3) is 0.300. The number of carbonyl (C=O) groups is 2. The first kappa shape index (κ1) is 20.1. The number of hydrogen-bond acceptors (Lipinski definition) is 5. The van der Waals surface area contributed by atoms with E-state index in [0.29, 0.717) is 42.2 Å². The summed E-state index contributed by atoms with van der Waals surface area (Å²) in [4.78, 5) is 39.5. The second-order valence-electron chi connectivity index (χ2n) is 6.58. The Morgan fingerprint density at radius 1 is 1.24 bits per heavy atom. The molecule has 2 heterocycles. The lowest BCUT2D eigenvalue weighted by Crippen LogP contribution is -2.30. The van der Waals surface area contributed by atoms with Crippen LogP contribution in [0, 0.1) is 6.92 Å². The molecule has 1 amide bonds. The van der Waals surface area contributed by atoms with E-state index in [4.69, 9.17) is 9.84 Å². The maximum atomic E-state index is 12.5. The number of nitrogens with one attached hydrogen (secondary N) is 2. The summed E-state index contributed by atoms with van der Waals surface area (Å²) in [6.45, 7) is 2.36. The normalized spacial score (nSPS) is 10.8. The van der Waals surface area contributed by atoms with E-state index in [9.17, 15) is 14.4 Å². The monoisotopic (exact) mass is 398 g/mol. The largest absolute Gasteiger partial charge is 0.494 e. The van der Waals surface area contributed by atoms with Gasteiger partial charge in [-0.05, 0) is 31.0 Å². The summed E-state index contributed by atoms with van der Waals surface area (Å²) in [7, 11) is 0. The predicted molar refractivity (Wildman–Crippen MR) is 105 cm³/mol. The minimum Gasteiger partial charge on any atom is -0.494 e. The number of aryl methyl sites for hydroxylation is 1. The van der Waals surface area contributed by atoms with Crippen LogP contribution in [0.2, 0.25) is 0 Å². The van der Waals surface area contributed by atoms with Gasteiger partial charge in [0.05, 0.1) is 13.0 Å². The number of aliphatic carboxylic acids is 1. The fourth-order valence-corrected chi connectivity index (χ4v) is 2.85. The number of ether oxygens (including phenoxy) is 1. The molecule has 1 aromatic carbocycles. The van der Waals surface area contributed by atoms with E-state index in [2.05, 4.69) is 15.4 Å². The Kier molecular flexibility index (Phi) is 6.28. The van der Waals surface area contributed by atoms with Crippen LogP contribution in [0.25, 0.3) is 5.65 Å². The number of carbonyl (C=O) groups excluding carboxylic acids is 1. The molecule has 3 rings (SSSR count). The van der Waals surface area contributed by atoms with E-state index in [0.717, 1.165) is 5.56 Å². The predicted octanol–water partition coefficient (Wildman–Crippen LogP) is 1.43. The van der Waals surface area contributed by atoms with Crippen molar-refractivity contribution in [3.05, 3.63) is 63.7 Å². The number of nitrogens with zero attached hydrogens (tertiary/aromatic N) is 2. The van der Waals surface area contributed by atoms with Crippen molar-refractivity contribution in [2.75, 3.05) is 6.61 Å². The number of rotatable bonds is 9. The molecule has 0 unspecified atom stereocenters. The lowest BCUT2D eigenvalue weighted by atomic mass is 10.1. The second-order valence-corrected chi connectivity index (χ2v) is 6.58. The van der Waals surface area contributed by atoms with Gasteiger partial charge in [0.25, 0.3) is 5.56 Å². The molecule has 0 fully saturated rings. The quantitative estimate of drug-likeness (QED) is 0.468. The Morgan fingerprint density at radius 2 is 2.00 bits per heavy atom. The molecule has 0 aliphatic rings. The van der Waals surface area contributed by atoms with Gasteiger partial charge in [0.2, 0.25) is 5.91 Å². The standard InChI is InChI=1S/C20H22N4O5/c1-13-16(20(28)24-17(23-13)8-9-22-24)11-18(25)21-12-14-4-6-15(7-5-14)29-10-2-3-19(26)27/h4-9,22H,2-3,10-12H2,1H3,(H,21,25)(H,26,27). The van der Waals surface area contributed by atoms with Crippen LogP contribution in [-0.4, -0.2) is 38.2 Å². The van der Waals surface area contributed by atoms with E-state index in [1.165, 1.54) is 4.52 Å². The molecule has 29 heavy (non-hydrogen) atoms. The number of H-pyrrole nitrogens is 1. The Hall–Kier alpha value is -3.62. The van der Waals surface area contributed by atoms with Crippen molar-refractivity contribution in [2.45, 2.75) is 32.7 Å². The third-order valence-electron chi connectivity index (χ3n) is 4.40. The Balaban J connectivity index is 1.52. The molecule has 0 radical (unpaired) electrons. The topological polar surface area (TPSA) is 126 Å². The average molecular weight is 398 g/mol. The van der Waals surface area contributed by atoms with E-state index in [-0.39, 0.29) is 24.3 Å². The molecule has 0 atom stereocenters. The first-order valence-electron chi connectivity index (χ1n) is 9.20. The lowest BCUT2D eigenvalue weighted by Gasteiger charge is -2.09. The molecule has 0 spiro atoms. The zero-order valence-corrected chi connectivity index (χ0v) is 16.0. The zero-order valence-electron chi connectivity index (χ0n) is 16.0. The van der Waals surface area contributed by atoms with Crippen LogP contribution in [0.15, 0.2) is 41.3 Å². The molecule has 9 heteroatoms. The molecule has 9 nitrogen and oxygen atoms in total. The van der Waals surface area contributed by atoms with Crippen LogP contribution in [0.5, 0.6) is 5.75 Å². The third-order valence-corrected chi connectivity index (χ3v) is 4.40. The second kappa shape index (κ2) is 9.05. The van der Waals surface area contributed by atoms with Crippen LogP contribution >= 0.6 is 0 Å². The molecular weight excluding hydrogens is 376 g/mol. The van der Waals surface area contributed by atoms with Gasteiger partial charge in [0.1, 0.15) is 5.75 Å². The summed E-state index contributed by atoms with van der Waals surface area (Å²) in [5.41, 5.74) is 2.00. The van der Waals surface area contributed by atoms with Crippen molar-refractivity contribution in [2.24, 2.45) is 0 Å². The van der Waals surface area contributed by atoms with Gasteiger partial charge in [0, 0.05) is 36.5 Å². The van der Waals surface area contributed by atoms with Crippen molar-refractivity contribution >= 4 is 17.5 Å². The number of carboxylic acid groups (broad SMARTS) is 1. The summed E-state index contributed by atoms with van der Waals surface area (Å²) < 4.78 is 6.78. The maximum Gasteiger partial charge on any atom is 0.303 e. The Labute approximate surface area is 166 Å². The van der Waals surface area contributed by atoms with Crippen LogP contribution in [0.4, 0.5) is 0 Å². The number of aromatic nitrogens is 3. The van der Waals surface area contributed by atoms with Gasteiger partial charge >= 0.3 is 5.97 Å². The lowest BCUT2D eigenvalue weighted by molar-refractivity contribution is -0.137. The van der Waals surface area contributed by atoms with Gasteiger partial charge in [-0.15, -0.1) is 0 Å². The van der Waals surface area contributed by atoms with Crippen molar-refractivity contribution < 1.29 is 19.4 Å². The summed E-state index contributed by atoms with van der Waals surface area (Å²) in [6.07, 6.45) is 2.08. The molecule has 3 aromatic rings. The molecule has 0 aliphatic heterocycles. The number of amides is 1. The van der Waals surface area contributed by atoms with Crippen molar-refractivity contribution in [3.63, 3.8) is 0 Å². The molecule has 0 bridgehead atoms. The average Bonchev–Trinajstić information content (AvgIpc) is 3.16. The first-order chi connectivity index (χ1) is 13.9. The zero-order chi connectivity index (χ0) is 20.8. The Bertz CT molecular complexity index is 1070. The minimum absolute atomic E-state index is 0.0512. The smallest absolute Gasteiger partial charge is 0.303 e.